The van der Waals surface area contributed by atoms with Crippen LogP contribution < -0.4 is 25.8 Å². The third-order valence-electron chi connectivity index (χ3n) is 6.68. The Kier molecular flexibility index (Phi) is 7.95. The number of hydrogen-bond donors (Lipinski definition) is 3. The molecule has 2 aromatic rings. The molecule has 0 saturated carbocycles. The molecule has 0 amide bonds. The fourth-order valence-electron chi connectivity index (χ4n) is 4.75. The van der Waals surface area contributed by atoms with Crippen molar-refractivity contribution in [1.82, 2.24) is 20.5 Å². The summed E-state index contributed by atoms with van der Waals surface area (Å²) in [5.41, 5.74) is 7.47. The van der Waals surface area contributed by atoms with Gasteiger partial charge >= 0.3 is 0 Å². The van der Waals surface area contributed by atoms with Crippen LogP contribution in [0, 0.1) is 0 Å². The molecule has 0 radical (unpaired) electrons. The van der Waals surface area contributed by atoms with E-state index in [1.54, 1.807) is 0 Å². The maximum Gasteiger partial charge on any atom is 0.128 e. The molecule has 2 aliphatic rings. The number of fused-ring (bicyclic) bond motifs is 1. The molecular weight excluding hydrogens is 422 g/mol. The minimum absolute atomic E-state index is 0.0795. The molecule has 1 aromatic carbocycles. The van der Waals surface area contributed by atoms with Gasteiger partial charge < -0.3 is 30.7 Å². The highest BCUT2D eigenvalue weighted by molar-refractivity contribution is 5.83. The molecule has 1 unspecified atom stereocenters. The van der Waals surface area contributed by atoms with Crippen molar-refractivity contribution in [2.24, 2.45) is 0 Å². The highest BCUT2D eigenvalue weighted by atomic mass is 15.2. The first kappa shape index (κ1) is 24.4. The molecule has 34 heavy (non-hydrogen) atoms. The van der Waals surface area contributed by atoms with E-state index in [2.05, 4.69) is 96.1 Å². The standard InChI is InChI=1S/C27H41N7/c1-6-20-16-22-24(29-10-7-13-32(2)3)17-23(31-25(22)18-26(20)33(4)5)21-8-9-27(30-19-21)34-14-11-28-12-15-34/h8-9,16-19,23,28-29,31H,6-7,10-15H2,1-5H3. The minimum Gasteiger partial charge on any atom is -0.385 e. The van der Waals surface area contributed by atoms with Gasteiger partial charge in [-0.25, -0.2) is 4.98 Å². The molecule has 7 nitrogen and oxygen atoms in total. The predicted octanol–water partition coefficient (Wildman–Crippen LogP) is 3.17. The van der Waals surface area contributed by atoms with Gasteiger partial charge in [0, 0.05) is 75.7 Å². The normalized spacial score (nSPS) is 17.8. The molecule has 184 valence electrons. The first-order valence-electron chi connectivity index (χ1n) is 12.6. The second-order valence-electron chi connectivity index (χ2n) is 9.75. The van der Waals surface area contributed by atoms with Gasteiger partial charge in [0.15, 0.2) is 0 Å². The smallest absolute Gasteiger partial charge is 0.128 e. The van der Waals surface area contributed by atoms with Gasteiger partial charge in [-0.1, -0.05) is 13.0 Å². The molecule has 3 N–H and O–H groups in total. The number of pyridine rings is 1. The van der Waals surface area contributed by atoms with Crippen molar-refractivity contribution in [3.8, 4) is 0 Å². The lowest BCUT2D eigenvalue weighted by atomic mass is 9.94. The first-order valence-corrected chi connectivity index (χ1v) is 12.6. The SMILES string of the molecule is CCc1cc2c(cc1N(C)C)NC(c1ccc(N3CCNCC3)nc1)C=C2NCCCN(C)C. The van der Waals surface area contributed by atoms with Crippen molar-refractivity contribution in [3.05, 3.63) is 53.2 Å². The Morgan fingerprint density at radius 2 is 1.91 bits per heavy atom. The highest BCUT2D eigenvalue weighted by Gasteiger charge is 2.23. The summed E-state index contributed by atoms with van der Waals surface area (Å²) in [7, 11) is 8.50. The summed E-state index contributed by atoms with van der Waals surface area (Å²) in [5.74, 6) is 1.06. The number of rotatable bonds is 9. The number of nitrogens with one attached hydrogen (secondary N) is 3. The van der Waals surface area contributed by atoms with Gasteiger partial charge in [-0.2, -0.15) is 0 Å². The van der Waals surface area contributed by atoms with Crippen LogP contribution in [0.3, 0.4) is 0 Å². The molecule has 0 bridgehead atoms. The number of anilines is 3. The van der Waals surface area contributed by atoms with Gasteiger partial charge in [-0.15, -0.1) is 0 Å². The van der Waals surface area contributed by atoms with E-state index in [1.807, 2.05) is 6.20 Å². The highest BCUT2D eigenvalue weighted by Crippen LogP contribution is 2.38. The Hall–Kier alpha value is -2.77. The van der Waals surface area contributed by atoms with Crippen molar-refractivity contribution in [2.75, 3.05) is 82.6 Å². The zero-order valence-electron chi connectivity index (χ0n) is 21.5. The molecular formula is C27H41N7. The Labute approximate surface area is 205 Å². The number of aryl methyl sites for hydroxylation is 1. The molecule has 0 aliphatic carbocycles. The van der Waals surface area contributed by atoms with E-state index in [-0.39, 0.29) is 6.04 Å². The second kappa shape index (κ2) is 11.1. The average Bonchev–Trinajstić information content (AvgIpc) is 2.86. The molecule has 7 heteroatoms. The lowest BCUT2D eigenvalue weighted by Gasteiger charge is -2.31. The zero-order valence-corrected chi connectivity index (χ0v) is 21.5. The van der Waals surface area contributed by atoms with Gasteiger partial charge in [0.2, 0.25) is 0 Å². The van der Waals surface area contributed by atoms with Crippen LogP contribution in [0.1, 0.15) is 36.1 Å². The van der Waals surface area contributed by atoms with Gasteiger partial charge in [-0.3, -0.25) is 0 Å². The summed E-state index contributed by atoms with van der Waals surface area (Å²) in [5, 5.41) is 10.9. The van der Waals surface area contributed by atoms with Crippen LogP contribution in [0.25, 0.3) is 5.70 Å². The lowest BCUT2D eigenvalue weighted by molar-refractivity contribution is 0.399. The summed E-state index contributed by atoms with van der Waals surface area (Å²) in [6, 6.07) is 9.13. The summed E-state index contributed by atoms with van der Waals surface area (Å²) in [6.07, 6.45) is 6.48. The Bertz CT molecular complexity index is 975. The molecule has 3 heterocycles. The van der Waals surface area contributed by atoms with Crippen molar-refractivity contribution in [3.63, 3.8) is 0 Å². The molecule has 0 spiro atoms. The molecule has 1 aromatic heterocycles. The molecule has 1 atom stereocenters. The number of piperazine rings is 1. The first-order chi connectivity index (χ1) is 16.5. The van der Waals surface area contributed by atoms with E-state index in [0.29, 0.717) is 0 Å². The Morgan fingerprint density at radius 1 is 1.12 bits per heavy atom. The monoisotopic (exact) mass is 463 g/mol. The zero-order chi connectivity index (χ0) is 24.1. The van der Waals surface area contributed by atoms with Crippen LogP contribution in [0.2, 0.25) is 0 Å². The van der Waals surface area contributed by atoms with Crippen molar-refractivity contribution >= 4 is 22.9 Å². The van der Waals surface area contributed by atoms with E-state index in [1.165, 1.54) is 33.8 Å². The van der Waals surface area contributed by atoms with Crippen LogP contribution in [-0.4, -0.2) is 77.3 Å². The quantitative estimate of drug-likeness (QED) is 0.494. The third-order valence-corrected chi connectivity index (χ3v) is 6.68. The predicted molar refractivity (Wildman–Crippen MR) is 145 cm³/mol. The van der Waals surface area contributed by atoms with Crippen molar-refractivity contribution in [1.29, 1.82) is 0 Å². The average molecular weight is 464 g/mol. The van der Waals surface area contributed by atoms with Gasteiger partial charge in [0.05, 0.1) is 6.04 Å². The number of benzene rings is 1. The summed E-state index contributed by atoms with van der Waals surface area (Å²) < 4.78 is 0. The van der Waals surface area contributed by atoms with Gasteiger partial charge in [0.1, 0.15) is 5.82 Å². The third kappa shape index (κ3) is 5.65. The van der Waals surface area contributed by atoms with Crippen LogP contribution in [-0.2, 0) is 6.42 Å². The topological polar surface area (TPSA) is 58.7 Å². The van der Waals surface area contributed by atoms with Gasteiger partial charge in [0.25, 0.3) is 0 Å². The maximum atomic E-state index is 4.82. The molecule has 2 aliphatic heterocycles. The van der Waals surface area contributed by atoms with E-state index in [0.717, 1.165) is 57.9 Å². The van der Waals surface area contributed by atoms with E-state index in [9.17, 15) is 0 Å². The number of nitrogens with zero attached hydrogens (tertiary/aromatic N) is 4. The number of aromatic nitrogens is 1. The van der Waals surface area contributed by atoms with Crippen LogP contribution >= 0.6 is 0 Å². The van der Waals surface area contributed by atoms with Crippen LogP contribution in [0.4, 0.5) is 17.2 Å². The van der Waals surface area contributed by atoms with E-state index in [4.69, 9.17) is 4.98 Å². The molecule has 4 rings (SSSR count). The fourth-order valence-corrected chi connectivity index (χ4v) is 4.75. The second-order valence-corrected chi connectivity index (χ2v) is 9.75. The van der Waals surface area contributed by atoms with Crippen molar-refractivity contribution in [2.45, 2.75) is 25.8 Å². The summed E-state index contributed by atoms with van der Waals surface area (Å²) in [4.78, 5) is 11.6. The van der Waals surface area contributed by atoms with Crippen molar-refractivity contribution < 1.29 is 0 Å². The number of hydrogen-bond acceptors (Lipinski definition) is 7. The Morgan fingerprint density at radius 3 is 2.56 bits per heavy atom. The summed E-state index contributed by atoms with van der Waals surface area (Å²) in [6.45, 7) is 8.31. The lowest BCUT2D eigenvalue weighted by Crippen LogP contribution is -2.43. The largest absolute Gasteiger partial charge is 0.385 e. The van der Waals surface area contributed by atoms with Crippen LogP contribution in [0.5, 0.6) is 0 Å². The molecule has 1 saturated heterocycles. The fraction of sp³-hybridized carbons (Fsp3) is 0.519. The maximum absolute atomic E-state index is 4.82. The van der Waals surface area contributed by atoms with Gasteiger partial charge in [-0.05, 0) is 68.9 Å². The van der Waals surface area contributed by atoms with E-state index < -0.39 is 0 Å². The van der Waals surface area contributed by atoms with Crippen LogP contribution in [0.15, 0.2) is 36.5 Å². The molecule has 1 fully saturated rings. The van der Waals surface area contributed by atoms with E-state index >= 15 is 0 Å². The minimum atomic E-state index is 0.0795. The Balaban J connectivity index is 1.61. The summed E-state index contributed by atoms with van der Waals surface area (Å²) >= 11 is 0.